The molecular weight excluding hydrogens is 396 g/mol. The van der Waals surface area contributed by atoms with Crippen LogP contribution in [0.25, 0.3) is 0 Å². The van der Waals surface area contributed by atoms with E-state index in [1.807, 2.05) is 19.1 Å². The molecule has 2 N–H and O–H groups in total. The summed E-state index contributed by atoms with van der Waals surface area (Å²) in [7, 11) is -1.17. The van der Waals surface area contributed by atoms with Crippen molar-refractivity contribution >= 4 is 30.0 Å². The molecule has 0 aliphatic carbocycles. The number of halogens is 3. The number of hydrogen-bond acceptors (Lipinski definition) is 3. The van der Waals surface area contributed by atoms with Gasteiger partial charge in [0.2, 0.25) is 0 Å². The normalized spacial score (nSPS) is 17.7. The van der Waals surface area contributed by atoms with Gasteiger partial charge < -0.3 is 19.9 Å². The average Bonchev–Trinajstić information content (AvgIpc) is 2.83. The van der Waals surface area contributed by atoms with Crippen LogP contribution in [0.2, 0.25) is 0 Å². The maximum Gasteiger partial charge on any atom is 0.495 e. The third kappa shape index (κ3) is 4.47. The number of urea groups is 1. The van der Waals surface area contributed by atoms with Gasteiger partial charge in [0.05, 0.1) is 16.8 Å². The van der Waals surface area contributed by atoms with E-state index in [2.05, 4.69) is 10.6 Å². The van der Waals surface area contributed by atoms with Gasteiger partial charge >= 0.3 is 19.3 Å². The van der Waals surface area contributed by atoms with Gasteiger partial charge in [-0.2, -0.15) is 13.2 Å². The lowest BCUT2D eigenvalue weighted by Crippen LogP contribution is -2.41. The standard InChI is InChI=1S/C21H24BF3N2O3/c1-13-8-6-7-9-17(13)27-18(28)26-14-10-11-16(15(12-14)21(23,24)25)22-29-19(2,3)20(4,5)30-22/h6-12H,1-5H3,(H2,26,27,28). The predicted octanol–water partition coefficient (Wildman–Crippen LogP) is 4.96. The van der Waals surface area contributed by atoms with Crippen molar-refractivity contribution in [1.82, 2.24) is 0 Å². The Morgan fingerprint density at radius 3 is 2.13 bits per heavy atom. The number of aryl methyl sites for hydroxylation is 1. The van der Waals surface area contributed by atoms with Gasteiger partial charge in [0.1, 0.15) is 0 Å². The molecule has 1 aliphatic heterocycles. The number of benzene rings is 2. The van der Waals surface area contributed by atoms with Gasteiger partial charge in [-0.1, -0.05) is 24.3 Å². The molecule has 0 atom stereocenters. The number of nitrogens with one attached hydrogen (secondary N) is 2. The highest BCUT2D eigenvalue weighted by molar-refractivity contribution is 6.62. The number of hydrogen-bond donors (Lipinski definition) is 2. The van der Waals surface area contributed by atoms with Crippen molar-refractivity contribution in [3.8, 4) is 0 Å². The van der Waals surface area contributed by atoms with Crippen LogP contribution in [-0.4, -0.2) is 24.4 Å². The van der Waals surface area contributed by atoms with Crippen LogP contribution in [0.5, 0.6) is 0 Å². The highest BCUT2D eigenvalue weighted by Crippen LogP contribution is 2.38. The SMILES string of the molecule is Cc1ccccc1NC(=O)Nc1ccc(B2OC(C)(C)C(C)(C)O2)c(C(F)(F)F)c1. The van der Waals surface area contributed by atoms with Crippen molar-refractivity contribution in [1.29, 1.82) is 0 Å². The van der Waals surface area contributed by atoms with Gasteiger partial charge in [-0.05, 0) is 63.8 Å². The van der Waals surface area contributed by atoms with E-state index in [1.54, 1.807) is 39.8 Å². The largest absolute Gasteiger partial charge is 0.495 e. The molecule has 160 valence electrons. The molecule has 3 rings (SSSR count). The summed E-state index contributed by atoms with van der Waals surface area (Å²) in [5.41, 5.74) is -1.19. The Labute approximate surface area is 174 Å². The lowest BCUT2D eigenvalue weighted by atomic mass is 9.75. The molecule has 5 nitrogen and oxygen atoms in total. The fraction of sp³-hybridized carbons (Fsp3) is 0.381. The van der Waals surface area contributed by atoms with Gasteiger partial charge in [-0.3, -0.25) is 0 Å². The quantitative estimate of drug-likeness (QED) is 0.691. The predicted molar refractivity (Wildman–Crippen MR) is 111 cm³/mol. The molecule has 2 amide bonds. The minimum Gasteiger partial charge on any atom is -0.399 e. The molecule has 1 heterocycles. The Bertz CT molecular complexity index is 945. The molecule has 0 saturated carbocycles. The summed E-state index contributed by atoms with van der Waals surface area (Å²) in [5, 5.41) is 5.08. The summed E-state index contributed by atoms with van der Waals surface area (Å²) < 4.78 is 52.8. The third-order valence-corrected chi connectivity index (χ3v) is 5.52. The Hall–Kier alpha value is -2.52. The summed E-state index contributed by atoms with van der Waals surface area (Å²) in [4.78, 5) is 12.3. The van der Waals surface area contributed by atoms with Crippen molar-refractivity contribution in [3.63, 3.8) is 0 Å². The van der Waals surface area contributed by atoms with Crippen LogP contribution >= 0.6 is 0 Å². The minimum absolute atomic E-state index is 0.00803. The molecule has 0 spiro atoms. The molecular formula is C21H24BF3N2O3. The molecule has 9 heteroatoms. The molecule has 0 radical (unpaired) electrons. The first kappa shape index (κ1) is 22.2. The zero-order valence-corrected chi connectivity index (χ0v) is 17.5. The lowest BCUT2D eigenvalue weighted by molar-refractivity contribution is -0.136. The van der Waals surface area contributed by atoms with E-state index in [0.717, 1.165) is 11.6 Å². The molecule has 0 unspecified atom stereocenters. The maximum absolute atomic E-state index is 13.8. The van der Waals surface area contributed by atoms with Gasteiger partial charge in [0.25, 0.3) is 0 Å². The summed E-state index contributed by atoms with van der Waals surface area (Å²) in [6.45, 7) is 8.90. The molecule has 2 aromatic carbocycles. The van der Waals surface area contributed by atoms with Crippen LogP contribution in [0.3, 0.4) is 0 Å². The van der Waals surface area contributed by atoms with Gasteiger partial charge in [-0.15, -0.1) is 0 Å². The average molecular weight is 420 g/mol. The number of rotatable bonds is 3. The van der Waals surface area contributed by atoms with Gasteiger partial charge in [0, 0.05) is 11.4 Å². The van der Waals surface area contributed by atoms with E-state index in [0.29, 0.717) is 5.69 Å². The van der Waals surface area contributed by atoms with Crippen LogP contribution in [0.15, 0.2) is 42.5 Å². The minimum atomic E-state index is -4.65. The van der Waals surface area contributed by atoms with Gasteiger partial charge in [0.15, 0.2) is 0 Å². The van der Waals surface area contributed by atoms with Crippen molar-refractivity contribution in [2.24, 2.45) is 0 Å². The fourth-order valence-corrected chi connectivity index (χ4v) is 3.05. The topological polar surface area (TPSA) is 59.6 Å². The molecule has 1 fully saturated rings. The second kappa shape index (κ2) is 7.63. The molecule has 30 heavy (non-hydrogen) atoms. The van der Waals surface area contributed by atoms with Crippen LogP contribution in [-0.2, 0) is 15.5 Å². The Morgan fingerprint density at radius 1 is 0.967 bits per heavy atom. The van der Waals surface area contributed by atoms with E-state index in [9.17, 15) is 18.0 Å². The Balaban J connectivity index is 1.85. The zero-order chi connectivity index (χ0) is 22.3. The monoisotopic (exact) mass is 420 g/mol. The number of alkyl halides is 3. The summed E-state index contributed by atoms with van der Waals surface area (Å²) >= 11 is 0. The number of para-hydroxylation sites is 1. The van der Waals surface area contributed by atoms with Crippen LogP contribution in [0.4, 0.5) is 29.3 Å². The number of anilines is 2. The van der Waals surface area contributed by atoms with Crippen molar-refractivity contribution < 1.29 is 27.3 Å². The van der Waals surface area contributed by atoms with Gasteiger partial charge in [-0.25, -0.2) is 4.79 Å². The molecule has 1 saturated heterocycles. The number of carbonyl (C=O) groups is 1. The zero-order valence-electron chi connectivity index (χ0n) is 17.5. The van der Waals surface area contributed by atoms with E-state index in [-0.39, 0.29) is 11.2 Å². The van der Waals surface area contributed by atoms with Crippen molar-refractivity contribution in [3.05, 3.63) is 53.6 Å². The highest BCUT2D eigenvalue weighted by atomic mass is 19.4. The summed E-state index contributed by atoms with van der Waals surface area (Å²) in [5.74, 6) is 0. The highest BCUT2D eigenvalue weighted by Gasteiger charge is 2.53. The first-order chi connectivity index (χ1) is 13.8. The fourth-order valence-electron chi connectivity index (χ4n) is 3.05. The first-order valence-electron chi connectivity index (χ1n) is 9.50. The second-order valence-electron chi connectivity index (χ2n) is 8.28. The molecule has 0 aromatic heterocycles. The van der Waals surface area contributed by atoms with Crippen molar-refractivity contribution in [2.75, 3.05) is 10.6 Å². The van der Waals surface area contributed by atoms with E-state index in [4.69, 9.17) is 9.31 Å². The smallest absolute Gasteiger partial charge is 0.399 e. The summed E-state index contributed by atoms with van der Waals surface area (Å²) in [6, 6.07) is 10.0. The van der Waals surface area contributed by atoms with E-state index in [1.165, 1.54) is 12.1 Å². The first-order valence-corrected chi connectivity index (χ1v) is 9.50. The Morgan fingerprint density at radius 2 is 1.57 bits per heavy atom. The summed E-state index contributed by atoms with van der Waals surface area (Å²) in [6.07, 6.45) is -4.65. The third-order valence-electron chi connectivity index (χ3n) is 5.52. The Kier molecular flexibility index (Phi) is 5.64. The number of carbonyl (C=O) groups excluding carboxylic acids is 1. The van der Waals surface area contributed by atoms with Crippen LogP contribution in [0, 0.1) is 6.92 Å². The van der Waals surface area contributed by atoms with E-state index >= 15 is 0 Å². The lowest BCUT2D eigenvalue weighted by Gasteiger charge is -2.32. The molecule has 0 bridgehead atoms. The molecule has 1 aliphatic rings. The van der Waals surface area contributed by atoms with Crippen LogP contribution in [0.1, 0.15) is 38.8 Å². The van der Waals surface area contributed by atoms with E-state index < -0.39 is 36.1 Å². The van der Waals surface area contributed by atoms with Crippen molar-refractivity contribution in [2.45, 2.75) is 52.0 Å². The van der Waals surface area contributed by atoms with Crippen LogP contribution < -0.4 is 16.1 Å². The molecule has 2 aromatic rings. The second-order valence-corrected chi connectivity index (χ2v) is 8.28. The number of amides is 2. The maximum atomic E-state index is 13.8.